The number of thiophene rings is 1. The first-order valence-electron chi connectivity index (χ1n) is 7.97. The number of anilines is 1. The van der Waals surface area contributed by atoms with Crippen LogP contribution in [-0.4, -0.2) is 23.3 Å². The Kier molecular flexibility index (Phi) is 6.03. The maximum Gasteiger partial charge on any atom is 0.267 e. The van der Waals surface area contributed by atoms with Gasteiger partial charge in [0.05, 0.1) is 22.3 Å². The number of nitrogens with zero attached hydrogens (tertiary/aromatic N) is 1. The quantitative estimate of drug-likeness (QED) is 0.611. The maximum absolute atomic E-state index is 12.6. The largest absolute Gasteiger partial charge is 0.352 e. The lowest BCUT2D eigenvalue weighted by Gasteiger charge is -2.11. The molecule has 0 unspecified atom stereocenters. The van der Waals surface area contributed by atoms with E-state index in [1.165, 1.54) is 17.5 Å². The van der Waals surface area contributed by atoms with Crippen LogP contribution in [0.3, 0.4) is 0 Å². The molecule has 0 spiro atoms. The zero-order valence-corrected chi connectivity index (χ0v) is 16.3. The summed E-state index contributed by atoms with van der Waals surface area (Å²) in [5.74, 6) is -0.570. The highest BCUT2D eigenvalue weighted by Gasteiger charge is 2.17. The van der Waals surface area contributed by atoms with Crippen LogP contribution in [0.1, 0.15) is 33.4 Å². The molecule has 0 atom stereocenters. The second kappa shape index (κ2) is 8.44. The van der Waals surface area contributed by atoms with Gasteiger partial charge in [-0.05, 0) is 36.1 Å². The summed E-state index contributed by atoms with van der Waals surface area (Å²) in [6.07, 6.45) is 2.36. The monoisotopic (exact) mass is 405 g/mol. The number of thiazole rings is 1. The van der Waals surface area contributed by atoms with Crippen LogP contribution in [0.5, 0.6) is 0 Å². The van der Waals surface area contributed by atoms with Gasteiger partial charge in [-0.3, -0.25) is 9.59 Å². The van der Waals surface area contributed by atoms with E-state index in [1.54, 1.807) is 29.5 Å². The Morgan fingerprint density at radius 2 is 2.08 bits per heavy atom. The molecule has 26 heavy (non-hydrogen) atoms. The van der Waals surface area contributed by atoms with Crippen molar-refractivity contribution in [1.82, 2.24) is 10.3 Å². The molecule has 3 aromatic rings. The van der Waals surface area contributed by atoms with Crippen molar-refractivity contribution in [3.8, 4) is 9.88 Å². The summed E-state index contributed by atoms with van der Waals surface area (Å²) in [6.45, 7) is 2.54. The normalized spacial score (nSPS) is 10.5. The number of benzene rings is 1. The molecule has 0 radical (unpaired) electrons. The lowest BCUT2D eigenvalue weighted by molar-refractivity contribution is 0.0954. The Bertz CT molecular complexity index is 922. The van der Waals surface area contributed by atoms with E-state index in [2.05, 4.69) is 15.6 Å². The summed E-state index contributed by atoms with van der Waals surface area (Å²) in [4.78, 5) is 30.7. The van der Waals surface area contributed by atoms with Crippen LogP contribution in [0.15, 0.2) is 41.9 Å². The summed E-state index contributed by atoms with van der Waals surface area (Å²) >= 11 is 8.91. The summed E-state index contributed by atoms with van der Waals surface area (Å²) in [7, 11) is 0. The van der Waals surface area contributed by atoms with E-state index in [0.717, 1.165) is 16.3 Å². The van der Waals surface area contributed by atoms with Crippen molar-refractivity contribution in [2.24, 2.45) is 0 Å². The van der Waals surface area contributed by atoms with Gasteiger partial charge in [0.15, 0.2) is 0 Å². The minimum atomic E-state index is -0.322. The SMILES string of the molecule is CCCNC(=O)c1ccc(Cl)cc1NC(=O)c1cnc(-c2cccs2)s1. The van der Waals surface area contributed by atoms with E-state index in [9.17, 15) is 9.59 Å². The van der Waals surface area contributed by atoms with Crippen LogP contribution >= 0.6 is 34.3 Å². The van der Waals surface area contributed by atoms with Gasteiger partial charge in [-0.1, -0.05) is 24.6 Å². The van der Waals surface area contributed by atoms with Gasteiger partial charge in [0, 0.05) is 11.6 Å². The summed E-state index contributed by atoms with van der Waals surface area (Å²) in [5.41, 5.74) is 0.751. The molecule has 1 aromatic carbocycles. The van der Waals surface area contributed by atoms with Gasteiger partial charge in [0.2, 0.25) is 0 Å². The number of halogens is 1. The Labute approximate surface area is 164 Å². The van der Waals surface area contributed by atoms with Crippen LogP contribution in [0.4, 0.5) is 5.69 Å². The minimum absolute atomic E-state index is 0.248. The lowest BCUT2D eigenvalue weighted by Crippen LogP contribution is -2.25. The average molecular weight is 406 g/mol. The number of carbonyl (C=O) groups is 2. The lowest BCUT2D eigenvalue weighted by atomic mass is 10.1. The molecular formula is C18H16ClN3O2S2. The van der Waals surface area contributed by atoms with Gasteiger partial charge in [-0.15, -0.1) is 22.7 Å². The van der Waals surface area contributed by atoms with Crippen molar-refractivity contribution in [2.45, 2.75) is 13.3 Å². The van der Waals surface area contributed by atoms with Crippen molar-refractivity contribution in [1.29, 1.82) is 0 Å². The number of nitrogens with one attached hydrogen (secondary N) is 2. The molecule has 3 rings (SSSR count). The fourth-order valence-corrected chi connectivity index (χ4v) is 4.02. The number of hydrogen-bond acceptors (Lipinski definition) is 5. The van der Waals surface area contributed by atoms with E-state index in [-0.39, 0.29) is 11.8 Å². The molecule has 2 heterocycles. The van der Waals surface area contributed by atoms with Gasteiger partial charge < -0.3 is 10.6 Å². The van der Waals surface area contributed by atoms with Gasteiger partial charge in [0.25, 0.3) is 11.8 Å². The summed E-state index contributed by atoms with van der Waals surface area (Å²) in [6, 6.07) is 8.69. The van der Waals surface area contributed by atoms with Crippen LogP contribution < -0.4 is 10.6 Å². The van der Waals surface area contributed by atoms with Gasteiger partial charge in [0.1, 0.15) is 9.88 Å². The molecular weight excluding hydrogens is 390 g/mol. The van der Waals surface area contributed by atoms with E-state index in [0.29, 0.717) is 27.7 Å². The molecule has 0 aliphatic rings. The second-order valence-electron chi connectivity index (χ2n) is 5.41. The molecule has 0 aliphatic heterocycles. The van der Waals surface area contributed by atoms with E-state index in [4.69, 9.17) is 11.6 Å². The third kappa shape index (κ3) is 4.30. The predicted octanol–water partition coefficient (Wildman–Crippen LogP) is 4.92. The molecule has 2 amide bonds. The van der Waals surface area contributed by atoms with Crippen LogP contribution in [0.2, 0.25) is 5.02 Å². The molecule has 0 fully saturated rings. The maximum atomic E-state index is 12.6. The highest BCUT2D eigenvalue weighted by Crippen LogP contribution is 2.29. The molecule has 2 aromatic heterocycles. The van der Waals surface area contributed by atoms with E-state index in [1.807, 2.05) is 24.4 Å². The molecule has 0 bridgehead atoms. The zero-order valence-electron chi connectivity index (χ0n) is 13.9. The molecule has 134 valence electrons. The first kappa shape index (κ1) is 18.6. The topological polar surface area (TPSA) is 71.1 Å². The number of aromatic nitrogens is 1. The Hall–Kier alpha value is -2.22. The molecule has 8 heteroatoms. The number of amides is 2. The highest BCUT2D eigenvalue weighted by atomic mass is 35.5. The number of rotatable bonds is 6. The van der Waals surface area contributed by atoms with Crippen molar-refractivity contribution >= 4 is 51.8 Å². The minimum Gasteiger partial charge on any atom is -0.352 e. The Morgan fingerprint density at radius 3 is 2.81 bits per heavy atom. The Balaban J connectivity index is 1.81. The highest BCUT2D eigenvalue weighted by molar-refractivity contribution is 7.22. The van der Waals surface area contributed by atoms with Gasteiger partial charge >= 0.3 is 0 Å². The number of hydrogen-bond donors (Lipinski definition) is 2. The smallest absolute Gasteiger partial charge is 0.267 e. The predicted molar refractivity (Wildman–Crippen MR) is 107 cm³/mol. The second-order valence-corrected chi connectivity index (χ2v) is 7.82. The number of carbonyl (C=O) groups excluding carboxylic acids is 2. The fraction of sp³-hybridized carbons (Fsp3) is 0.167. The average Bonchev–Trinajstić information content (AvgIpc) is 3.30. The van der Waals surface area contributed by atoms with Crippen molar-refractivity contribution in [2.75, 3.05) is 11.9 Å². The molecule has 0 aliphatic carbocycles. The molecule has 0 saturated carbocycles. The van der Waals surface area contributed by atoms with E-state index >= 15 is 0 Å². The molecule has 5 nitrogen and oxygen atoms in total. The van der Waals surface area contributed by atoms with Crippen molar-refractivity contribution < 1.29 is 9.59 Å². The van der Waals surface area contributed by atoms with Crippen molar-refractivity contribution in [3.05, 3.63) is 57.4 Å². The molecule has 0 saturated heterocycles. The Morgan fingerprint density at radius 1 is 1.23 bits per heavy atom. The van der Waals surface area contributed by atoms with Crippen molar-refractivity contribution in [3.63, 3.8) is 0 Å². The summed E-state index contributed by atoms with van der Waals surface area (Å²) < 4.78 is 0. The third-order valence-corrected chi connectivity index (χ3v) is 5.74. The standard InChI is InChI=1S/C18H16ClN3O2S2/c1-2-7-20-16(23)12-6-5-11(19)9-13(12)22-17(24)15-10-21-18(26-15)14-4-3-8-25-14/h3-6,8-10H,2,7H2,1H3,(H,20,23)(H,22,24). The summed E-state index contributed by atoms with van der Waals surface area (Å²) in [5, 5.41) is 8.77. The van der Waals surface area contributed by atoms with Gasteiger partial charge in [-0.25, -0.2) is 4.98 Å². The van der Waals surface area contributed by atoms with Crippen LogP contribution in [0.25, 0.3) is 9.88 Å². The van der Waals surface area contributed by atoms with Gasteiger partial charge in [-0.2, -0.15) is 0 Å². The fourth-order valence-electron chi connectivity index (χ4n) is 2.23. The first-order valence-corrected chi connectivity index (χ1v) is 10.0. The van der Waals surface area contributed by atoms with Crippen LogP contribution in [0, 0.1) is 0 Å². The van der Waals surface area contributed by atoms with E-state index < -0.39 is 0 Å². The third-order valence-electron chi connectivity index (χ3n) is 3.47. The van der Waals surface area contributed by atoms with Crippen LogP contribution in [-0.2, 0) is 0 Å². The zero-order chi connectivity index (χ0) is 18.5. The first-order chi connectivity index (χ1) is 12.6. The molecule has 2 N–H and O–H groups in total.